The van der Waals surface area contributed by atoms with Crippen molar-refractivity contribution in [1.82, 2.24) is 5.32 Å². The first-order chi connectivity index (χ1) is 8.56. The molecule has 1 nitrogen and oxygen atoms in total. The smallest absolute Gasteiger partial charge is 0.00876 e. The molecule has 2 atom stereocenters. The van der Waals surface area contributed by atoms with Crippen LogP contribution in [0.2, 0.25) is 0 Å². The van der Waals surface area contributed by atoms with Crippen LogP contribution >= 0.6 is 0 Å². The van der Waals surface area contributed by atoms with Crippen LogP contribution in [0.5, 0.6) is 0 Å². The molecule has 0 radical (unpaired) electrons. The molecule has 0 saturated heterocycles. The summed E-state index contributed by atoms with van der Waals surface area (Å²) in [5.74, 6) is 1.99. The van der Waals surface area contributed by atoms with Gasteiger partial charge in [-0.25, -0.2) is 0 Å². The largest absolute Gasteiger partial charge is 0.313 e. The second kappa shape index (κ2) is 7.58. The van der Waals surface area contributed by atoms with E-state index in [1.54, 1.807) is 0 Å². The van der Waals surface area contributed by atoms with Crippen molar-refractivity contribution in [1.29, 1.82) is 0 Å². The highest BCUT2D eigenvalue weighted by atomic mass is 14.9. The fraction of sp³-hybridized carbons (Fsp3) is 0.647. The maximum absolute atomic E-state index is 3.75. The van der Waals surface area contributed by atoms with E-state index in [9.17, 15) is 0 Å². The lowest BCUT2D eigenvalue weighted by atomic mass is 9.87. The lowest BCUT2D eigenvalue weighted by Crippen LogP contribution is -2.37. The molecule has 102 valence electrons. The zero-order valence-corrected chi connectivity index (χ0v) is 12.6. The Morgan fingerprint density at radius 3 is 2.00 bits per heavy atom. The summed E-state index contributed by atoms with van der Waals surface area (Å²) in [6.07, 6.45) is 1.21. The van der Waals surface area contributed by atoms with Crippen molar-refractivity contribution in [3.05, 3.63) is 35.9 Å². The minimum Gasteiger partial charge on any atom is -0.313 e. The molecule has 0 amide bonds. The molecule has 18 heavy (non-hydrogen) atoms. The molecule has 0 aliphatic heterocycles. The molecule has 1 heteroatoms. The van der Waals surface area contributed by atoms with E-state index < -0.39 is 0 Å². The fourth-order valence-electron chi connectivity index (χ4n) is 2.57. The van der Waals surface area contributed by atoms with Gasteiger partial charge >= 0.3 is 0 Å². The predicted molar refractivity (Wildman–Crippen MR) is 80.9 cm³/mol. The third-order valence-corrected chi connectivity index (χ3v) is 3.88. The number of rotatable bonds is 7. The topological polar surface area (TPSA) is 12.0 Å². The van der Waals surface area contributed by atoms with Crippen LogP contribution < -0.4 is 5.32 Å². The van der Waals surface area contributed by atoms with Gasteiger partial charge in [0.2, 0.25) is 0 Å². The summed E-state index contributed by atoms with van der Waals surface area (Å²) in [6.45, 7) is 12.6. The molecule has 0 saturated carbocycles. The molecule has 0 fully saturated rings. The quantitative estimate of drug-likeness (QED) is 0.750. The van der Waals surface area contributed by atoms with Gasteiger partial charge in [0.25, 0.3) is 0 Å². The van der Waals surface area contributed by atoms with Crippen molar-refractivity contribution < 1.29 is 0 Å². The molecule has 0 bridgehead atoms. The van der Waals surface area contributed by atoms with Gasteiger partial charge in [-0.05, 0) is 29.7 Å². The summed E-state index contributed by atoms with van der Waals surface area (Å²) in [5, 5.41) is 3.75. The molecule has 1 aromatic rings. The molecule has 0 aromatic heterocycles. The molecule has 0 aliphatic carbocycles. The summed E-state index contributed by atoms with van der Waals surface area (Å²) >= 11 is 0. The Labute approximate surface area is 113 Å². The Bertz CT molecular complexity index is 316. The molecular formula is C17H29N. The van der Waals surface area contributed by atoms with Crippen molar-refractivity contribution in [2.75, 3.05) is 6.54 Å². The number of nitrogens with one attached hydrogen (secondary N) is 1. The molecule has 1 N–H and O–H groups in total. The Morgan fingerprint density at radius 1 is 0.944 bits per heavy atom. The zero-order valence-electron chi connectivity index (χ0n) is 12.6. The minimum absolute atomic E-state index is 0.610. The highest BCUT2D eigenvalue weighted by molar-refractivity contribution is 5.20. The summed E-state index contributed by atoms with van der Waals surface area (Å²) < 4.78 is 0. The first-order valence-electron chi connectivity index (χ1n) is 7.34. The zero-order chi connectivity index (χ0) is 13.5. The van der Waals surface area contributed by atoms with Crippen LogP contribution in [0.25, 0.3) is 0 Å². The summed E-state index contributed by atoms with van der Waals surface area (Å²) in [4.78, 5) is 0. The van der Waals surface area contributed by atoms with E-state index in [2.05, 4.69) is 70.3 Å². The highest BCUT2D eigenvalue weighted by Crippen LogP contribution is 2.24. The maximum Gasteiger partial charge on any atom is 0.00876 e. The van der Waals surface area contributed by atoms with Gasteiger partial charge in [-0.1, -0.05) is 65.0 Å². The van der Waals surface area contributed by atoms with Gasteiger partial charge in [0.1, 0.15) is 0 Å². The van der Waals surface area contributed by atoms with Gasteiger partial charge in [-0.3, -0.25) is 0 Å². The molecule has 0 spiro atoms. The van der Waals surface area contributed by atoms with Crippen molar-refractivity contribution in [3.8, 4) is 0 Å². The molecule has 1 aromatic carbocycles. The molecule has 0 heterocycles. The van der Waals surface area contributed by atoms with Crippen molar-refractivity contribution >= 4 is 0 Å². The molecular weight excluding hydrogens is 218 g/mol. The van der Waals surface area contributed by atoms with Crippen molar-refractivity contribution in [2.45, 2.75) is 53.0 Å². The van der Waals surface area contributed by atoms with Gasteiger partial charge in [-0.2, -0.15) is 0 Å². The Kier molecular flexibility index (Phi) is 6.42. The average molecular weight is 247 g/mol. The number of hydrogen-bond acceptors (Lipinski definition) is 1. The first kappa shape index (κ1) is 15.2. The molecule has 2 unspecified atom stereocenters. The Balaban J connectivity index is 2.65. The Hall–Kier alpha value is -0.820. The summed E-state index contributed by atoms with van der Waals surface area (Å²) in [6, 6.07) is 11.5. The van der Waals surface area contributed by atoms with Crippen LogP contribution in [0.1, 0.15) is 52.5 Å². The summed E-state index contributed by atoms with van der Waals surface area (Å²) in [5.41, 5.74) is 1.46. The average Bonchev–Trinajstić information content (AvgIpc) is 2.35. The highest BCUT2D eigenvalue weighted by Gasteiger charge is 2.18. The van der Waals surface area contributed by atoms with Crippen molar-refractivity contribution in [3.63, 3.8) is 0 Å². The van der Waals surface area contributed by atoms with Gasteiger partial charge in [0, 0.05) is 12.6 Å². The van der Waals surface area contributed by atoms with Crippen LogP contribution in [0.4, 0.5) is 0 Å². The van der Waals surface area contributed by atoms with E-state index in [0.29, 0.717) is 23.8 Å². The standard InChI is InChI=1S/C17H29N/c1-6-17(14(4)5)18-12-16(13(2)3)15-10-8-7-9-11-15/h7-11,13-14,16-18H,6,12H2,1-5H3. The van der Waals surface area contributed by atoms with E-state index in [4.69, 9.17) is 0 Å². The SMILES string of the molecule is CCC(NCC(c1ccccc1)C(C)C)C(C)C. The van der Waals surface area contributed by atoms with Gasteiger partial charge < -0.3 is 5.32 Å². The van der Waals surface area contributed by atoms with E-state index >= 15 is 0 Å². The third-order valence-electron chi connectivity index (χ3n) is 3.88. The van der Waals surface area contributed by atoms with E-state index in [0.717, 1.165) is 6.54 Å². The van der Waals surface area contributed by atoms with Crippen LogP contribution in [-0.4, -0.2) is 12.6 Å². The molecule has 1 rings (SSSR count). The van der Waals surface area contributed by atoms with E-state index in [1.807, 2.05) is 0 Å². The maximum atomic E-state index is 3.75. The van der Waals surface area contributed by atoms with Gasteiger partial charge in [0.15, 0.2) is 0 Å². The van der Waals surface area contributed by atoms with E-state index in [-0.39, 0.29) is 0 Å². The fourth-order valence-corrected chi connectivity index (χ4v) is 2.57. The predicted octanol–water partition coefficient (Wildman–Crippen LogP) is 4.45. The number of hydrogen-bond donors (Lipinski definition) is 1. The van der Waals surface area contributed by atoms with Gasteiger partial charge in [0.05, 0.1) is 0 Å². The lowest BCUT2D eigenvalue weighted by Gasteiger charge is -2.27. The summed E-state index contributed by atoms with van der Waals surface area (Å²) in [7, 11) is 0. The first-order valence-corrected chi connectivity index (χ1v) is 7.34. The van der Waals surface area contributed by atoms with Gasteiger partial charge in [-0.15, -0.1) is 0 Å². The normalized spacial score (nSPS) is 15.1. The minimum atomic E-state index is 0.610. The number of benzene rings is 1. The van der Waals surface area contributed by atoms with Crippen LogP contribution in [-0.2, 0) is 0 Å². The second-order valence-corrected chi connectivity index (χ2v) is 5.93. The van der Waals surface area contributed by atoms with Crippen molar-refractivity contribution in [2.24, 2.45) is 11.8 Å². The van der Waals surface area contributed by atoms with Crippen LogP contribution in [0, 0.1) is 11.8 Å². The van der Waals surface area contributed by atoms with Crippen LogP contribution in [0.15, 0.2) is 30.3 Å². The van der Waals surface area contributed by atoms with Crippen LogP contribution in [0.3, 0.4) is 0 Å². The Morgan fingerprint density at radius 2 is 1.56 bits per heavy atom. The molecule has 0 aliphatic rings. The lowest BCUT2D eigenvalue weighted by molar-refractivity contribution is 0.355. The van der Waals surface area contributed by atoms with E-state index in [1.165, 1.54) is 12.0 Å². The third kappa shape index (κ3) is 4.45. The second-order valence-electron chi connectivity index (χ2n) is 5.93. The monoisotopic (exact) mass is 247 g/mol.